The summed E-state index contributed by atoms with van der Waals surface area (Å²) in [5, 5.41) is 2.90. The van der Waals surface area contributed by atoms with E-state index in [1.165, 1.54) is 10.7 Å². The molecule has 8 heteroatoms. The van der Waals surface area contributed by atoms with Gasteiger partial charge in [0, 0.05) is 43.6 Å². The van der Waals surface area contributed by atoms with E-state index in [1.807, 2.05) is 25.7 Å². The van der Waals surface area contributed by atoms with Crippen LogP contribution in [0.2, 0.25) is 0 Å². The summed E-state index contributed by atoms with van der Waals surface area (Å²) >= 11 is 0. The number of piperidine rings is 1. The van der Waals surface area contributed by atoms with Crippen LogP contribution in [0.4, 0.5) is 0 Å². The lowest BCUT2D eigenvalue weighted by molar-refractivity contribution is -0.147. The van der Waals surface area contributed by atoms with Gasteiger partial charge in [-0.05, 0) is 40.0 Å². The first-order chi connectivity index (χ1) is 12.8. The lowest BCUT2D eigenvalue weighted by atomic mass is 9.78. The number of nitrogens with zero attached hydrogens (tertiary/aromatic N) is 4. The van der Waals surface area contributed by atoms with Gasteiger partial charge in [-0.15, -0.1) is 0 Å². The Hall–Kier alpha value is -2.64. The first kappa shape index (κ1) is 17.8. The Balaban J connectivity index is 1.61. The van der Waals surface area contributed by atoms with Crippen LogP contribution in [-0.2, 0) is 4.79 Å². The van der Waals surface area contributed by atoms with Crippen molar-refractivity contribution in [3.63, 3.8) is 0 Å². The predicted octanol–water partition coefficient (Wildman–Crippen LogP) is 1.19. The molecular weight excluding hydrogens is 346 g/mol. The second-order valence-corrected chi connectivity index (χ2v) is 8.06. The second-order valence-electron chi connectivity index (χ2n) is 8.06. The zero-order valence-corrected chi connectivity index (χ0v) is 16.0. The van der Waals surface area contributed by atoms with Gasteiger partial charge in [-0.2, -0.15) is 0 Å². The van der Waals surface area contributed by atoms with Crippen molar-refractivity contribution >= 4 is 17.5 Å². The van der Waals surface area contributed by atoms with Gasteiger partial charge in [-0.25, -0.2) is 9.50 Å². The third kappa shape index (κ3) is 2.74. The van der Waals surface area contributed by atoms with Crippen molar-refractivity contribution in [2.24, 2.45) is 5.41 Å². The van der Waals surface area contributed by atoms with Gasteiger partial charge >= 0.3 is 0 Å². The van der Waals surface area contributed by atoms with Crippen molar-refractivity contribution in [2.45, 2.75) is 46.1 Å². The van der Waals surface area contributed by atoms with E-state index in [0.717, 1.165) is 25.1 Å². The van der Waals surface area contributed by atoms with Crippen molar-refractivity contribution in [1.29, 1.82) is 0 Å². The smallest absolute Gasteiger partial charge is 0.285 e. The summed E-state index contributed by atoms with van der Waals surface area (Å²) in [4.78, 5) is 46.5. The minimum atomic E-state index is -0.505. The van der Waals surface area contributed by atoms with Crippen LogP contribution < -0.4 is 5.56 Å². The number of hydrogen-bond donors (Lipinski definition) is 1. The SMILES string of the molecule is Cc1cc2ncc(C(=O)N3CCC4(CCCN(C(C)C)C4=O)C3)c(=O)n2[nH]1. The molecule has 0 aliphatic carbocycles. The molecule has 27 heavy (non-hydrogen) atoms. The number of H-pyrrole nitrogens is 1. The number of likely N-dealkylation sites (tertiary alicyclic amines) is 2. The number of amides is 2. The standard InChI is InChI=1S/C19H25N5O3/c1-12(2)23-7-4-5-19(18(23)27)6-8-22(11-19)16(25)14-10-20-15-9-13(3)21-24(15)17(14)26/h9-10,12,21H,4-8,11H2,1-3H3. The van der Waals surface area contributed by atoms with Gasteiger partial charge in [0.15, 0.2) is 5.65 Å². The molecule has 0 radical (unpaired) electrons. The normalized spacial score (nSPS) is 23.2. The third-order valence-corrected chi connectivity index (χ3v) is 5.89. The first-order valence-electron chi connectivity index (χ1n) is 9.50. The second kappa shape index (κ2) is 6.21. The molecular formula is C19H25N5O3. The summed E-state index contributed by atoms with van der Waals surface area (Å²) < 4.78 is 1.29. The Bertz CT molecular complexity index is 975. The Labute approximate surface area is 157 Å². The topological polar surface area (TPSA) is 90.8 Å². The highest BCUT2D eigenvalue weighted by Crippen LogP contribution is 2.40. The number of carbonyl (C=O) groups excluding carboxylic acids is 2. The zero-order chi connectivity index (χ0) is 19.3. The molecule has 1 unspecified atom stereocenters. The van der Waals surface area contributed by atoms with Gasteiger partial charge in [0.05, 0.1) is 5.41 Å². The summed E-state index contributed by atoms with van der Waals surface area (Å²) in [6.45, 7) is 7.52. The molecule has 2 aromatic rings. The molecule has 2 aliphatic rings. The highest BCUT2D eigenvalue weighted by Gasteiger charge is 2.50. The molecule has 2 aromatic heterocycles. The minimum Gasteiger partial charge on any atom is -0.340 e. The van der Waals surface area contributed by atoms with Crippen LogP contribution in [0.5, 0.6) is 0 Å². The Morgan fingerprint density at radius 3 is 2.78 bits per heavy atom. The van der Waals surface area contributed by atoms with E-state index in [0.29, 0.717) is 25.2 Å². The lowest BCUT2D eigenvalue weighted by Crippen LogP contribution is -2.52. The highest BCUT2D eigenvalue weighted by atomic mass is 16.2. The molecule has 0 bridgehead atoms. The monoisotopic (exact) mass is 371 g/mol. The van der Waals surface area contributed by atoms with Gasteiger partial charge in [0.1, 0.15) is 5.56 Å². The first-order valence-corrected chi connectivity index (χ1v) is 9.50. The zero-order valence-electron chi connectivity index (χ0n) is 16.0. The van der Waals surface area contributed by atoms with Crippen LogP contribution in [0.1, 0.15) is 49.2 Å². The number of aryl methyl sites for hydroxylation is 1. The summed E-state index contributed by atoms with van der Waals surface area (Å²) in [5.74, 6) is -0.204. The summed E-state index contributed by atoms with van der Waals surface area (Å²) in [6, 6.07) is 1.91. The number of carbonyl (C=O) groups is 2. The minimum absolute atomic E-state index is 0.0374. The van der Waals surface area contributed by atoms with E-state index in [4.69, 9.17) is 0 Å². The lowest BCUT2D eigenvalue weighted by Gasteiger charge is -2.41. The Morgan fingerprint density at radius 1 is 1.26 bits per heavy atom. The van der Waals surface area contributed by atoms with Crippen LogP contribution >= 0.6 is 0 Å². The largest absolute Gasteiger partial charge is 0.340 e. The predicted molar refractivity (Wildman–Crippen MR) is 99.6 cm³/mol. The molecule has 1 spiro atoms. The van der Waals surface area contributed by atoms with Crippen molar-refractivity contribution in [3.05, 3.63) is 33.9 Å². The maximum absolute atomic E-state index is 13.0. The van der Waals surface area contributed by atoms with E-state index in [1.54, 1.807) is 11.0 Å². The van der Waals surface area contributed by atoms with Gasteiger partial charge in [-0.1, -0.05) is 0 Å². The molecule has 1 N–H and O–H groups in total. The van der Waals surface area contributed by atoms with Gasteiger partial charge in [0.25, 0.3) is 11.5 Å². The average molecular weight is 371 g/mol. The molecule has 0 saturated carbocycles. The maximum atomic E-state index is 13.0. The maximum Gasteiger partial charge on any atom is 0.285 e. The third-order valence-electron chi connectivity index (χ3n) is 5.89. The quantitative estimate of drug-likeness (QED) is 0.859. The van der Waals surface area contributed by atoms with E-state index in [2.05, 4.69) is 10.1 Å². The van der Waals surface area contributed by atoms with E-state index >= 15 is 0 Å². The molecule has 2 aliphatic heterocycles. The van der Waals surface area contributed by atoms with E-state index in [9.17, 15) is 14.4 Å². The van der Waals surface area contributed by atoms with Crippen LogP contribution in [-0.4, -0.2) is 61.9 Å². The summed E-state index contributed by atoms with van der Waals surface area (Å²) in [7, 11) is 0. The van der Waals surface area contributed by atoms with Crippen molar-refractivity contribution in [2.75, 3.05) is 19.6 Å². The Kier molecular flexibility index (Phi) is 4.09. The molecule has 0 aromatic carbocycles. The molecule has 4 heterocycles. The Morgan fingerprint density at radius 2 is 2.04 bits per heavy atom. The van der Waals surface area contributed by atoms with E-state index < -0.39 is 11.0 Å². The number of hydrogen-bond acceptors (Lipinski definition) is 4. The fraction of sp³-hybridized carbons (Fsp3) is 0.579. The highest BCUT2D eigenvalue weighted by molar-refractivity contribution is 5.95. The summed E-state index contributed by atoms with van der Waals surface area (Å²) in [6.07, 6.45) is 3.75. The number of aromatic amines is 1. The average Bonchev–Trinajstić information content (AvgIpc) is 3.21. The van der Waals surface area contributed by atoms with Crippen LogP contribution in [0.25, 0.3) is 5.65 Å². The van der Waals surface area contributed by atoms with Crippen LogP contribution in [0, 0.1) is 12.3 Å². The fourth-order valence-corrected chi connectivity index (χ4v) is 4.42. The molecule has 4 rings (SSSR count). The van der Waals surface area contributed by atoms with Crippen LogP contribution in [0.15, 0.2) is 17.1 Å². The fourth-order valence-electron chi connectivity index (χ4n) is 4.42. The van der Waals surface area contributed by atoms with Gasteiger partial charge in [0.2, 0.25) is 5.91 Å². The number of nitrogens with one attached hydrogen (secondary N) is 1. The molecule has 2 amide bonds. The van der Waals surface area contributed by atoms with Crippen LogP contribution in [0.3, 0.4) is 0 Å². The number of aromatic nitrogens is 3. The molecule has 1 atom stereocenters. The molecule has 8 nitrogen and oxygen atoms in total. The summed E-state index contributed by atoms with van der Waals surface area (Å²) in [5.41, 5.74) is 0.413. The van der Waals surface area contributed by atoms with Gasteiger partial charge < -0.3 is 9.80 Å². The number of rotatable bonds is 2. The molecule has 2 fully saturated rings. The molecule has 2 saturated heterocycles. The van der Waals surface area contributed by atoms with Crippen molar-refractivity contribution in [3.8, 4) is 0 Å². The molecule has 144 valence electrons. The van der Waals surface area contributed by atoms with Gasteiger partial charge in [-0.3, -0.25) is 19.5 Å². The van der Waals surface area contributed by atoms with Crippen molar-refractivity contribution in [1.82, 2.24) is 24.4 Å². The van der Waals surface area contributed by atoms with Crippen molar-refractivity contribution < 1.29 is 9.59 Å². The number of fused-ring (bicyclic) bond motifs is 1. The van der Waals surface area contributed by atoms with E-state index in [-0.39, 0.29) is 23.4 Å².